The fraction of sp³-hybridized carbons (Fsp3) is 0.250. The standard InChI is InChI=1S/C20H20N4O3/c1-27-19(25)13-8-10-14(11-9-13)21-20(26)24-12-4-7-17(24)18-22-15-5-2-3-6-16(15)23-18/h2-3,5-6,8-11,17H,4,7,12H2,1H3,(H,21,26)(H,22,23)/t17-/m0/s1. The average molecular weight is 364 g/mol. The number of anilines is 1. The van der Waals surface area contributed by atoms with Crippen LogP contribution in [0, 0.1) is 0 Å². The highest BCUT2D eigenvalue weighted by Gasteiger charge is 2.32. The number of hydrogen-bond acceptors (Lipinski definition) is 4. The third-order valence-electron chi connectivity index (χ3n) is 4.79. The summed E-state index contributed by atoms with van der Waals surface area (Å²) in [5.41, 5.74) is 2.94. The largest absolute Gasteiger partial charge is 0.465 e. The number of likely N-dealkylation sites (tertiary alicyclic amines) is 1. The van der Waals surface area contributed by atoms with Gasteiger partial charge in [-0.1, -0.05) is 12.1 Å². The molecule has 4 rings (SSSR count). The number of methoxy groups -OCH3 is 1. The van der Waals surface area contributed by atoms with Crippen LogP contribution in [0.2, 0.25) is 0 Å². The van der Waals surface area contributed by atoms with Crippen LogP contribution in [-0.2, 0) is 4.74 Å². The number of aromatic amines is 1. The molecule has 0 unspecified atom stereocenters. The molecule has 138 valence electrons. The second-order valence-electron chi connectivity index (χ2n) is 6.49. The minimum absolute atomic E-state index is 0.0771. The van der Waals surface area contributed by atoms with Gasteiger partial charge in [0.1, 0.15) is 5.82 Å². The number of imidazole rings is 1. The summed E-state index contributed by atoms with van der Waals surface area (Å²) in [5.74, 6) is 0.405. The van der Waals surface area contributed by atoms with E-state index in [0.717, 1.165) is 29.7 Å². The molecule has 1 aliphatic rings. The number of nitrogens with one attached hydrogen (secondary N) is 2. The van der Waals surface area contributed by atoms with Crippen molar-refractivity contribution < 1.29 is 14.3 Å². The van der Waals surface area contributed by atoms with E-state index in [9.17, 15) is 9.59 Å². The molecule has 0 bridgehead atoms. The maximum Gasteiger partial charge on any atom is 0.337 e. The molecule has 27 heavy (non-hydrogen) atoms. The SMILES string of the molecule is COC(=O)c1ccc(NC(=O)N2CCC[C@H]2c2nc3ccccc3[nH]2)cc1. The van der Waals surface area contributed by atoms with E-state index in [1.54, 1.807) is 29.2 Å². The maximum absolute atomic E-state index is 12.8. The van der Waals surface area contributed by atoms with Gasteiger partial charge in [-0.3, -0.25) is 0 Å². The molecule has 2 amide bonds. The Hall–Kier alpha value is -3.35. The van der Waals surface area contributed by atoms with Crippen LogP contribution in [0.15, 0.2) is 48.5 Å². The molecule has 7 nitrogen and oxygen atoms in total. The van der Waals surface area contributed by atoms with E-state index >= 15 is 0 Å². The summed E-state index contributed by atoms with van der Waals surface area (Å²) in [5, 5.41) is 2.89. The Labute approximate surface area is 156 Å². The zero-order valence-electron chi connectivity index (χ0n) is 14.9. The molecule has 2 heterocycles. The van der Waals surface area contributed by atoms with Gasteiger partial charge >= 0.3 is 12.0 Å². The van der Waals surface area contributed by atoms with Gasteiger partial charge in [-0.05, 0) is 49.2 Å². The second kappa shape index (κ2) is 7.11. The highest BCUT2D eigenvalue weighted by molar-refractivity contribution is 5.92. The van der Waals surface area contributed by atoms with Crippen molar-refractivity contribution >= 4 is 28.7 Å². The molecule has 1 fully saturated rings. The van der Waals surface area contributed by atoms with E-state index in [1.165, 1.54) is 7.11 Å². The molecule has 1 saturated heterocycles. The zero-order chi connectivity index (χ0) is 18.8. The van der Waals surface area contributed by atoms with Crippen molar-refractivity contribution in [3.63, 3.8) is 0 Å². The van der Waals surface area contributed by atoms with Crippen LogP contribution in [-0.4, -0.2) is 40.5 Å². The van der Waals surface area contributed by atoms with Gasteiger partial charge in [-0.25, -0.2) is 14.6 Å². The number of benzene rings is 2. The van der Waals surface area contributed by atoms with Crippen LogP contribution in [0.3, 0.4) is 0 Å². The highest BCUT2D eigenvalue weighted by atomic mass is 16.5. The van der Waals surface area contributed by atoms with Gasteiger partial charge in [-0.2, -0.15) is 0 Å². The predicted molar refractivity (Wildman–Crippen MR) is 102 cm³/mol. The van der Waals surface area contributed by atoms with Crippen LogP contribution < -0.4 is 5.32 Å². The lowest BCUT2D eigenvalue weighted by molar-refractivity contribution is 0.0600. The first-order valence-electron chi connectivity index (χ1n) is 8.86. The van der Waals surface area contributed by atoms with Gasteiger partial charge in [0.2, 0.25) is 0 Å². The quantitative estimate of drug-likeness (QED) is 0.694. The second-order valence-corrected chi connectivity index (χ2v) is 6.49. The fourth-order valence-corrected chi connectivity index (χ4v) is 3.43. The molecular weight excluding hydrogens is 344 g/mol. The number of nitrogens with zero attached hydrogens (tertiary/aromatic N) is 2. The Kier molecular flexibility index (Phi) is 4.50. The number of rotatable bonds is 3. The third-order valence-corrected chi connectivity index (χ3v) is 4.79. The monoisotopic (exact) mass is 364 g/mol. The number of aromatic nitrogens is 2. The number of esters is 1. The molecule has 1 aromatic heterocycles. The van der Waals surface area contributed by atoms with Crippen LogP contribution in [0.25, 0.3) is 11.0 Å². The first-order valence-corrected chi connectivity index (χ1v) is 8.86. The first kappa shape index (κ1) is 17.1. The highest BCUT2D eigenvalue weighted by Crippen LogP contribution is 2.32. The van der Waals surface area contributed by atoms with Gasteiger partial charge in [0.25, 0.3) is 0 Å². The Morgan fingerprint density at radius 2 is 1.96 bits per heavy atom. The minimum atomic E-state index is -0.405. The summed E-state index contributed by atoms with van der Waals surface area (Å²) in [6, 6.07) is 14.2. The van der Waals surface area contributed by atoms with Crippen molar-refractivity contribution in [2.45, 2.75) is 18.9 Å². The number of H-pyrrole nitrogens is 1. The zero-order valence-corrected chi connectivity index (χ0v) is 14.9. The molecular formula is C20H20N4O3. The summed E-state index contributed by atoms with van der Waals surface area (Å²) in [6.45, 7) is 0.674. The molecule has 2 aromatic carbocycles. The van der Waals surface area contributed by atoms with Crippen molar-refractivity contribution in [3.05, 3.63) is 59.9 Å². The van der Waals surface area contributed by atoms with Crippen molar-refractivity contribution in [1.82, 2.24) is 14.9 Å². The third kappa shape index (κ3) is 3.36. The number of carbonyl (C=O) groups is 2. The van der Waals surface area contributed by atoms with Crippen LogP contribution >= 0.6 is 0 Å². The molecule has 0 spiro atoms. The van der Waals surface area contributed by atoms with Gasteiger partial charge in [-0.15, -0.1) is 0 Å². The molecule has 1 aliphatic heterocycles. The summed E-state index contributed by atoms with van der Waals surface area (Å²) < 4.78 is 4.68. The summed E-state index contributed by atoms with van der Waals surface area (Å²) in [7, 11) is 1.34. The number of carbonyl (C=O) groups excluding carboxylic acids is 2. The number of hydrogen-bond donors (Lipinski definition) is 2. The lowest BCUT2D eigenvalue weighted by Crippen LogP contribution is -2.34. The average Bonchev–Trinajstić information content (AvgIpc) is 3.34. The Bertz CT molecular complexity index is 947. The Balaban J connectivity index is 1.49. The van der Waals surface area contributed by atoms with E-state index in [0.29, 0.717) is 17.8 Å². The number of fused-ring (bicyclic) bond motifs is 1. The number of urea groups is 1. The van der Waals surface area contributed by atoms with E-state index < -0.39 is 5.97 Å². The van der Waals surface area contributed by atoms with Crippen molar-refractivity contribution in [3.8, 4) is 0 Å². The smallest absolute Gasteiger partial charge is 0.337 e. The summed E-state index contributed by atoms with van der Waals surface area (Å²) in [4.78, 5) is 34.0. The first-order chi connectivity index (χ1) is 13.2. The molecule has 2 N–H and O–H groups in total. The van der Waals surface area contributed by atoms with Crippen LogP contribution in [0.1, 0.15) is 35.1 Å². The van der Waals surface area contributed by atoms with Crippen LogP contribution in [0.5, 0.6) is 0 Å². The lowest BCUT2D eigenvalue weighted by atomic mass is 10.2. The summed E-state index contributed by atoms with van der Waals surface area (Å²) in [6.07, 6.45) is 1.80. The van der Waals surface area contributed by atoms with Crippen molar-refractivity contribution in [1.29, 1.82) is 0 Å². The molecule has 0 radical (unpaired) electrons. The number of amides is 2. The van der Waals surface area contributed by atoms with E-state index in [4.69, 9.17) is 0 Å². The van der Waals surface area contributed by atoms with Gasteiger partial charge in [0.05, 0.1) is 29.7 Å². The van der Waals surface area contributed by atoms with E-state index in [2.05, 4.69) is 20.0 Å². The summed E-state index contributed by atoms with van der Waals surface area (Å²) >= 11 is 0. The number of ether oxygens (including phenoxy) is 1. The molecule has 1 atom stereocenters. The van der Waals surface area contributed by atoms with Gasteiger partial charge < -0.3 is 19.9 Å². The molecule has 0 saturated carbocycles. The van der Waals surface area contributed by atoms with Gasteiger partial charge in [0.15, 0.2) is 0 Å². The van der Waals surface area contributed by atoms with Crippen LogP contribution in [0.4, 0.5) is 10.5 Å². The topological polar surface area (TPSA) is 87.3 Å². The van der Waals surface area contributed by atoms with E-state index in [1.807, 2.05) is 24.3 Å². The molecule has 7 heteroatoms. The van der Waals surface area contributed by atoms with Crippen molar-refractivity contribution in [2.75, 3.05) is 19.0 Å². The molecule has 3 aromatic rings. The Morgan fingerprint density at radius 1 is 1.19 bits per heavy atom. The fourth-order valence-electron chi connectivity index (χ4n) is 3.43. The van der Waals surface area contributed by atoms with Gasteiger partial charge in [0, 0.05) is 12.2 Å². The Morgan fingerprint density at radius 3 is 2.70 bits per heavy atom. The van der Waals surface area contributed by atoms with E-state index in [-0.39, 0.29) is 12.1 Å². The number of para-hydroxylation sites is 2. The maximum atomic E-state index is 12.8. The predicted octanol–water partition coefficient (Wildman–Crippen LogP) is 3.72. The lowest BCUT2D eigenvalue weighted by Gasteiger charge is -2.23. The molecule has 0 aliphatic carbocycles. The van der Waals surface area contributed by atoms with Crippen molar-refractivity contribution in [2.24, 2.45) is 0 Å². The minimum Gasteiger partial charge on any atom is -0.465 e. The normalized spacial score (nSPS) is 16.5.